The maximum absolute atomic E-state index is 9.59. The van der Waals surface area contributed by atoms with Gasteiger partial charge in [-0.05, 0) is 18.4 Å². The fourth-order valence-electron chi connectivity index (χ4n) is 1.79. The molecule has 1 aromatic rings. The first-order valence-electron chi connectivity index (χ1n) is 4.75. The van der Waals surface area contributed by atoms with E-state index in [-0.39, 0.29) is 6.10 Å². The third-order valence-corrected chi connectivity index (χ3v) is 2.57. The maximum atomic E-state index is 9.59. The highest BCUT2D eigenvalue weighted by molar-refractivity contribution is 5.18. The highest BCUT2D eigenvalue weighted by Gasteiger charge is 2.19. The molecule has 0 spiro atoms. The van der Waals surface area contributed by atoms with E-state index in [2.05, 4.69) is 24.3 Å². The average molecular weight is 174 g/mol. The summed E-state index contributed by atoms with van der Waals surface area (Å²) in [6.45, 7) is 0. The summed E-state index contributed by atoms with van der Waals surface area (Å²) in [5.74, 6) is 0.322. The van der Waals surface area contributed by atoms with Crippen LogP contribution in [0.4, 0.5) is 0 Å². The molecule has 2 rings (SSSR count). The van der Waals surface area contributed by atoms with E-state index in [0.29, 0.717) is 5.92 Å². The fourth-order valence-corrected chi connectivity index (χ4v) is 1.79. The second-order valence-corrected chi connectivity index (χ2v) is 3.58. The second-order valence-electron chi connectivity index (χ2n) is 3.58. The second kappa shape index (κ2) is 3.75. The first-order valence-corrected chi connectivity index (χ1v) is 4.75. The van der Waals surface area contributed by atoms with Crippen molar-refractivity contribution in [3.8, 4) is 0 Å². The molecule has 1 aromatic carbocycles. The lowest BCUT2D eigenvalue weighted by Gasteiger charge is -2.13. The van der Waals surface area contributed by atoms with E-state index in [9.17, 15) is 5.11 Å². The minimum absolute atomic E-state index is 0.166. The normalized spacial score (nSPS) is 26.5. The number of aliphatic hydroxyl groups is 1. The van der Waals surface area contributed by atoms with Crippen molar-refractivity contribution in [3.05, 3.63) is 48.0 Å². The molecule has 0 unspecified atom stereocenters. The molecular weight excluding hydrogens is 160 g/mol. The van der Waals surface area contributed by atoms with E-state index in [1.165, 1.54) is 5.56 Å². The Morgan fingerprint density at radius 2 is 2.00 bits per heavy atom. The van der Waals surface area contributed by atoms with Crippen LogP contribution in [0.5, 0.6) is 0 Å². The molecule has 1 aliphatic rings. The molecule has 0 bridgehead atoms. The van der Waals surface area contributed by atoms with Gasteiger partial charge < -0.3 is 5.11 Å². The molecule has 0 saturated heterocycles. The summed E-state index contributed by atoms with van der Waals surface area (Å²) in [5.41, 5.74) is 1.30. The number of aliphatic hydroxyl groups excluding tert-OH is 1. The molecular formula is C12H14O. The summed E-state index contributed by atoms with van der Waals surface area (Å²) >= 11 is 0. The van der Waals surface area contributed by atoms with Gasteiger partial charge in [-0.2, -0.15) is 0 Å². The standard InChI is InChI=1S/C12H14O/c13-12-8-4-7-11(12)9-10-5-2-1-3-6-10/h1-7,11-13H,8-9H2/t11-,12+/m0/s1. The third kappa shape index (κ3) is 1.99. The Hall–Kier alpha value is -1.08. The van der Waals surface area contributed by atoms with Crippen LogP contribution in [0.1, 0.15) is 12.0 Å². The third-order valence-electron chi connectivity index (χ3n) is 2.57. The highest BCUT2D eigenvalue weighted by atomic mass is 16.3. The van der Waals surface area contributed by atoms with Gasteiger partial charge in [0.25, 0.3) is 0 Å². The molecule has 0 aliphatic heterocycles. The summed E-state index contributed by atoms with van der Waals surface area (Å²) < 4.78 is 0. The summed E-state index contributed by atoms with van der Waals surface area (Å²) in [7, 11) is 0. The van der Waals surface area contributed by atoms with Gasteiger partial charge in [-0.3, -0.25) is 0 Å². The van der Waals surface area contributed by atoms with Gasteiger partial charge in [0.2, 0.25) is 0 Å². The van der Waals surface area contributed by atoms with Gasteiger partial charge >= 0.3 is 0 Å². The molecule has 0 amide bonds. The minimum Gasteiger partial charge on any atom is -0.392 e. The molecule has 1 N–H and O–H groups in total. The lowest BCUT2D eigenvalue weighted by atomic mass is 9.97. The highest BCUT2D eigenvalue weighted by Crippen LogP contribution is 2.21. The monoisotopic (exact) mass is 174 g/mol. The SMILES string of the molecule is O[C@@H]1CC=C[C@H]1Cc1ccccc1. The topological polar surface area (TPSA) is 20.2 Å². The van der Waals surface area contributed by atoms with E-state index in [4.69, 9.17) is 0 Å². The van der Waals surface area contributed by atoms with Crippen LogP contribution >= 0.6 is 0 Å². The van der Waals surface area contributed by atoms with Gasteiger partial charge in [-0.25, -0.2) is 0 Å². The van der Waals surface area contributed by atoms with Crippen LogP contribution in [-0.2, 0) is 6.42 Å². The Kier molecular flexibility index (Phi) is 2.46. The van der Waals surface area contributed by atoms with Crippen molar-refractivity contribution in [1.82, 2.24) is 0 Å². The van der Waals surface area contributed by atoms with Crippen molar-refractivity contribution in [3.63, 3.8) is 0 Å². The number of hydrogen-bond acceptors (Lipinski definition) is 1. The molecule has 0 aromatic heterocycles. The van der Waals surface area contributed by atoms with E-state index in [0.717, 1.165) is 12.8 Å². The molecule has 68 valence electrons. The van der Waals surface area contributed by atoms with Crippen molar-refractivity contribution in [2.24, 2.45) is 5.92 Å². The van der Waals surface area contributed by atoms with Crippen LogP contribution in [0.25, 0.3) is 0 Å². The van der Waals surface area contributed by atoms with Gasteiger partial charge in [0, 0.05) is 5.92 Å². The molecule has 1 nitrogen and oxygen atoms in total. The lowest BCUT2D eigenvalue weighted by molar-refractivity contribution is 0.143. The van der Waals surface area contributed by atoms with Gasteiger partial charge in [0.05, 0.1) is 6.10 Å². The van der Waals surface area contributed by atoms with Gasteiger partial charge in [-0.15, -0.1) is 0 Å². The van der Waals surface area contributed by atoms with Gasteiger partial charge in [0.1, 0.15) is 0 Å². The maximum Gasteiger partial charge on any atom is 0.0640 e. The Morgan fingerprint density at radius 3 is 2.62 bits per heavy atom. The van der Waals surface area contributed by atoms with E-state index in [1.54, 1.807) is 0 Å². The van der Waals surface area contributed by atoms with E-state index >= 15 is 0 Å². The van der Waals surface area contributed by atoms with Crippen molar-refractivity contribution in [2.45, 2.75) is 18.9 Å². The van der Waals surface area contributed by atoms with Crippen molar-refractivity contribution < 1.29 is 5.11 Å². The van der Waals surface area contributed by atoms with Crippen molar-refractivity contribution in [2.75, 3.05) is 0 Å². The van der Waals surface area contributed by atoms with Crippen molar-refractivity contribution in [1.29, 1.82) is 0 Å². The predicted molar refractivity (Wildman–Crippen MR) is 53.4 cm³/mol. The zero-order valence-corrected chi connectivity index (χ0v) is 7.56. The van der Waals surface area contributed by atoms with Gasteiger partial charge in [0.15, 0.2) is 0 Å². The van der Waals surface area contributed by atoms with Gasteiger partial charge in [-0.1, -0.05) is 42.5 Å². The molecule has 0 heterocycles. The van der Waals surface area contributed by atoms with Crippen LogP contribution in [0.3, 0.4) is 0 Å². The Balaban J connectivity index is 2.02. The first kappa shape index (κ1) is 8.52. The molecule has 0 radical (unpaired) electrons. The average Bonchev–Trinajstić information content (AvgIpc) is 2.54. The minimum atomic E-state index is -0.166. The Bertz CT molecular complexity index is 289. The van der Waals surface area contributed by atoms with E-state index in [1.807, 2.05) is 18.2 Å². The largest absolute Gasteiger partial charge is 0.392 e. The number of benzene rings is 1. The van der Waals surface area contributed by atoms with Crippen molar-refractivity contribution >= 4 is 0 Å². The summed E-state index contributed by atoms with van der Waals surface area (Å²) in [4.78, 5) is 0. The van der Waals surface area contributed by atoms with Crippen LogP contribution < -0.4 is 0 Å². The zero-order chi connectivity index (χ0) is 9.10. The summed E-state index contributed by atoms with van der Waals surface area (Å²) in [5, 5.41) is 9.59. The van der Waals surface area contributed by atoms with Crippen LogP contribution in [0, 0.1) is 5.92 Å². The quantitative estimate of drug-likeness (QED) is 0.681. The summed E-state index contributed by atoms with van der Waals surface area (Å²) in [6.07, 6.45) is 5.80. The molecule has 1 heteroatoms. The van der Waals surface area contributed by atoms with Crippen LogP contribution in [0.15, 0.2) is 42.5 Å². The molecule has 13 heavy (non-hydrogen) atoms. The Morgan fingerprint density at radius 1 is 1.23 bits per heavy atom. The smallest absolute Gasteiger partial charge is 0.0640 e. The Labute approximate surface area is 78.7 Å². The zero-order valence-electron chi connectivity index (χ0n) is 7.56. The first-order chi connectivity index (χ1) is 6.36. The molecule has 0 fully saturated rings. The lowest BCUT2D eigenvalue weighted by Crippen LogP contribution is -2.15. The molecule has 1 aliphatic carbocycles. The summed E-state index contributed by atoms with van der Waals surface area (Å²) in [6, 6.07) is 10.3. The predicted octanol–water partition coefficient (Wildman–Crippen LogP) is 2.17. The van der Waals surface area contributed by atoms with E-state index < -0.39 is 0 Å². The molecule has 2 atom stereocenters. The van der Waals surface area contributed by atoms with Crippen LogP contribution in [-0.4, -0.2) is 11.2 Å². The number of hydrogen-bond donors (Lipinski definition) is 1. The molecule has 0 saturated carbocycles. The fraction of sp³-hybridized carbons (Fsp3) is 0.333. The van der Waals surface area contributed by atoms with Crippen LogP contribution in [0.2, 0.25) is 0 Å². The number of rotatable bonds is 2.